The first-order valence-electron chi connectivity index (χ1n) is 6.15. The third kappa shape index (κ3) is 3.82. The molecule has 0 aliphatic heterocycles. The average molecular weight is 348 g/mol. The fourth-order valence-electron chi connectivity index (χ4n) is 1.72. The van der Waals surface area contributed by atoms with E-state index in [4.69, 9.17) is 5.73 Å². The van der Waals surface area contributed by atoms with E-state index in [2.05, 4.69) is 26.5 Å². The molecular weight excluding hydrogens is 334 g/mol. The summed E-state index contributed by atoms with van der Waals surface area (Å²) >= 11 is 3.34. The van der Waals surface area contributed by atoms with Crippen LogP contribution < -0.4 is 11.2 Å². The van der Waals surface area contributed by atoms with Gasteiger partial charge in [-0.2, -0.15) is 5.10 Å². The van der Waals surface area contributed by atoms with Crippen LogP contribution in [0.4, 0.5) is 5.69 Å². The number of phenols is 1. The van der Waals surface area contributed by atoms with E-state index >= 15 is 0 Å². The molecule has 108 valence electrons. The largest absolute Gasteiger partial charge is 0.507 e. The number of benzene rings is 2. The van der Waals surface area contributed by atoms with Crippen LogP contribution in [0.1, 0.15) is 21.5 Å². The molecule has 0 saturated heterocycles. The molecule has 0 unspecified atom stereocenters. The van der Waals surface area contributed by atoms with Crippen LogP contribution in [0.15, 0.2) is 46.0 Å². The van der Waals surface area contributed by atoms with Crippen LogP contribution in [-0.2, 0) is 0 Å². The van der Waals surface area contributed by atoms with Gasteiger partial charge in [-0.15, -0.1) is 0 Å². The monoisotopic (exact) mass is 347 g/mol. The Kier molecular flexibility index (Phi) is 4.59. The van der Waals surface area contributed by atoms with Gasteiger partial charge in [-0.1, -0.05) is 15.9 Å². The summed E-state index contributed by atoms with van der Waals surface area (Å²) in [4.78, 5) is 11.8. The van der Waals surface area contributed by atoms with Gasteiger partial charge < -0.3 is 10.8 Å². The summed E-state index contributed by atoms with van der Waals surface area (Å²) in [6.07, 6.45) is 1.39. The first-order chi connectivity index (χ1) is 9.97. The number of carbonyl (C=O) groups is 1. The molecule has 4 N–H and O–H groups in total. The number of aryl methyl sites for hydroxylation is 1. The van der Waals surface area contributed by atoms with Gasteiger partial charge in [0, 0.05) is 21.3 Å². The van der Waals surface area contributed by atoms with Crippen molar-refractivity contribution in [2.24, 2.45) is 5.10 Å². The third-order valence-corrected chi connectivity index (χ3v) is 3.30. The fourth-order valence-corrected chi connectivity index (χ4v) is 2.31. The van der Waals surface area contributed by atoms with Gasteiger partial charge in [-0.25, -0.2) is 5.43 Å². The Morgan fingerprint density at radius 2 is 2.00 bits per heavy atom. The van der Waals surface area contributed by atoms with Crippen LogP contribution in [0.5, 0.6) is 5.75 Å². The number of hydrogen-bond acceptors (Lipinski definition) is 4. The second kappa shape index (κ2) is 6.41. The lowest BCUT2D eigenvalue weighted by molar-refractivity contribution is 0.0955. The van der Waals surface area contributed by atoms with Crippen molar-refractivity contribution in [1.82, 2.24) is 5.43 Å². The molecule has 0 spiro atoms. The van der Waals surface area contributed by atoms with Crippen LogP contribution in [0, 0.1) is 6.92 Å². The lowest BCUT2D eigenvalue weighted by Crippen LogP contribution is -2.17. The van der Waals surface area contributed by atoms with Gasteiger partial charge in [0.2, 0.25) is 0 Å². The maximum atomic E-state index is 11.8. The minimum absolute atomic E-state index is 0.128. The molecule has 6 heteroatoms. The molecule has 1 amide bonds. The lowest BCUT2D eigenvalue weighted by Gasteiger charge is -2.04. The second-order valence-electron chi connectivity index (χ2n) is 4.48. The Morgan fingerprint density at radius 1 is 1.33 bits per heavy atom. The quantitative estimate of drug-likeness (QED) is 0.453. The molecule has 21 heavy (non-hydrogen) atoms. The summed E-state index contributed by atoms with van der Waals surface area (Å²) in [7, 11) is 0. The number of nitrogens with zero attached hydrogens (tertiary/aromatic N) is 1. The van der Waals surface area contributed by atoms with Gasteiger partial charge in [0.05, 0.1) is 6.21 Å². The summed E-state index contributed by atoms with van der Waals surface area (Å²) in [6.45, 7) is 1.78. The first-order valence-corrected chi connectivity index (χ1v) is 6.94. The number of rotatable bonds is 3. The number of amides is 1. The molecule has 5 nitrogen and oxygen atoms in total. The number of nitrogen functional groups attached to an aromatic ring is 1. The first kappa shape index (κ1) is 15.1. The van der Waals surface area contributed by atoms with Crippen molar-refractivity contribution >= 4 is 33.7 Å². The van der Waals surface area contributed by atoms with E-state index in [0.717, 1.165) is 10.0 Å². The number of hydrogen-bond donors (Lipinski definition) is 3. The molecule has 0 bridgehead atoms. The molecule has 2 aromatic carbocycles. The predicted octanol–water partition coefficient (Wildman–Crippen LogP) is 2.81. The van der Waals surface area contributed by atoms with E-state index in [1.54, 1.807) is 43.3 Å². The lowest BCUT2D eigenvalue weighted by atomic mass is 10.1. The minimum atomic E-state index is -0.350. The highest BCUT2D eigenvalue weighted by atomic mass is 79.9. The van der Waals surface area contributed by atoms with Crippen molar-refractivity contribution in [2.75, 3.05) is 5.73 Å². The molecule has 0 aliphatic rings. The minimum Gasteiger partial charge on any atom is -0.507 e. The normalized spacial score (nSPS) is 10.8. The standard InChI is InChI=1S/C15H14BrN3O2/c1-9-6-12(16)7-11(14(9)20)8-18-19-15(21)10-2-4-13(17)5-3-10/h2-8,20H,17H2,1H3,(H,19,21)/b18-8+. The van der Waals surface area contributed by atoms with E-state index in [1.807, 2.05) is 0 Å². The van der Waals surface area contributed by atoms with Gasteiger partial charge >= 0.3 is 0 Å². The van der Waals surface area contributed by atoms with Crippen LogP contribution in [0.25, 0.3) is 0 Å². The van der Waals surface area contributed by atoms with Gasteiger partial charge in [-0.3, -0.25) is 4.79 Å². The zero-order valence-corrected chi connectivity index (χ0v) is 12.9. The molecular formula is C15H14BrN3O2. The number of halogens is 1. The molecule has 0 aromatic heterocycles. The van der Waals surface area contributed by atoms with Crippen LogP contribution in [0.3, 0.4) is 0 Å². The fraction of sp³-hybridized carbons (Fsp3) is 0.0667. The maximum absolute atomic E-state index is 11.8. The highest BCUT2D eigenvalue weighted by Crippen LogP contribution is 2.25. The molecule has 2 aromatic rings. The van der Waals surface area contributed by atoms with Gasteiger partial charge in [0.1, 0.15) is 5.75 Å². The van der Waals surface area contributed by atoms with Gasteiger partial charge in [0.25, 0.3) is 5.91 Å². The topological polar surface area (TPSA) is 87.7 Å². The van der Waals surface area contributed by atoms with Gasteiger partial charge in [-0.05, 0) is 48.9 Å². The van der Waals surface area contributed by atoms with E-state index in [-0.39, 0.29) is 11.7 Å². The molecule has 0 aliphatic carbocycles. The van der Waals surface area contributed by atoms with Crippen molar-refractivity contribution < 1.29 is 9.90 Å². The molecule has 0 radical (unpaired) electrons. The van der Waals surface area contributed by atoms with E-state index in [1.165, 1.54) is 6.21 Å². The SMILES string of the molecule is Cc1cc(Br)cc(/C=N/NC(=O)c2ccc(N)cc2)c1O. The zero-order valence-electron chi connectivity index (χ0n) is 11.3. The Labute approximate surface area is 130 Å². The molecule has 0 saturated carbocycles. The van der Waals surface area contributed by atoms with Crippen LogP contribution in [-0.4, -0.2) is 17.2 Å². The van der Waals surface area contributed by atoms with Crippen molar-refractivity contribution in [2.45, 2.75) is 6.92 Å². The number of hydrazone groups is 1. The van der Waals surface area contributed by atoms with Crippen LogP contribution >= 0.6 is 15.9 Å². The smallest absolute Gasteiger partial charge is 0.271 e. The Morgan fingerprint density at radius 3 is 2.67 bits per heavy atom. The summed E-state index contributed by atoms with van der Waals surface area (Å²) in [5.74, 6) is -0.221. The average Bonchev–Trinajstić information content (AvgIpc) is 2.44. The zero-order chi connectivity index (χ0) is 15.4. The Hall–Kier alpha value is -2.34. The molecule has 0 fully saturated rings. The Bertz CT molecular complexity index is 697. The summed E-state index contributed by atoms with van der Waals surface area (Å²) in [5, 5.41) is 13.7. The van der Waals surface area contributed by atoms with Crippen molar-refractivity contribution in [3.8, 4) is 5.75 Å². The second-order valence-corrected chi connectivity index (χ2v) is 5.40. The van der Waals surface area contributed by atoms with E-state index < -0.39 is 0 Å². The van der Waals surface area contributed by atoms with Crippen LogP contribution in [0.2, 0.25) is 0 Å². The summed E-state index contributed by atoms with van der Waals surface area (Å²) in [5.41, 5.74) is 10.2. The van der Waals surface area contributed by atoms with Crippen molar-refractivity contribution in [3.05, 3.63) is 57.6 Å². The highest BCUT2D eigenvalue weighted by Gasteiger charge is 2.05. The number of carbonyl (C=O) groups excluding carboxylic acids is 1. The van der Waals surface area contributed by atoms with Crippen molar-refractivity contribution in [3.63, 3.8) is 0 Å². The van der Waals surface area contributed by atoms with E-state index in [0.29, 0.717) is 16.8 Å². The number of nitrogens with one attached hydrogen (secondary N) is 1. The van der Waals surface area contributed by atoms with E-state index in [9.17, 15) is 9.90 Å². The summed E-state index contributed by atoms with van der Waals surface area (Å²) in [6, 6.07) is 10.0. The summed E-state index contributed by atoms with van der Waals surface area (Å²) < 4.78 is 0.823. The molecule has 0 heterocycles. The van der Waals surface area contributed by atoms with Gasteiger partial charge in [0.15, 0.2) is 0 Å². The predicted molar refractivity (Wildman–Crippen MR) is 86.5 cm³/mol. The Balaban J connectivity index is 2.09. The number of anilines is 1. The third-order valence-electron chi connectivity index (χ3n) is 2.84. The van der Waals surface area contributed by atoms with Crippen molar-refractivity contribution in [1.29, 1.82) is 0 Å². The highest BCUT2D eigenvalue weighted by molar-refractivity contribution is 9.10. The number of phenolic OH excluding ortho intramolecular Hbond substituents is 1. The number of aromatic hydroxyl groups is 1. The number of nitrogens with two attached hydrogens (primary N) is 1. The molecule has 0 atom stereocenters. The molecule has 2 rings (SSSR count). The maximum Gasteiger partial charge on any atom is 0.271 e.